The summed E-state index contributed by atoms with van der Waals surface area (Å²) in [6.45, 7) is 10.6. The smallest absolute Gasteiger partial charge is 0.134 e. The number of imidazole rings is 2. The lowest BCUT2D eigenvalue weighted by Crippen LogP contribution is -2.19. The minimum Gasteiger partial charge on any atom is -0.341 e. The number of halogens is 1. The molecule has 4 aromatic rings. The summed E-state index contributed by atoms with van der Waals surface area (Å²) < 4.78 is 0. The molecule has 2 saturated carbocycles. The van der Waals surface area contributed by atoms with Gasteiger partial charge in [0.05, 0.1) is 25.0 Å². The molecular weight excluding hydrogens is 504 g/mol. The highest BCUT2D eigenvalue weighted by Gasteiger charge is 2.42. The van der Waals surface area contributed by atoms with Crippen LogP contribution in [0.25, 0.3) is 33.6 Å². The molecule has 0 radical (unpaired) electrons. The van der Waals surface area contributed by atoms with Crippen LogP contribution in [-0.4, -0.2) is 32.0 Å². The number of aromatic amines is 2. The summed E-state index contributed by atoms with van der Waals surface area (Å²) in [4.78, 5) is 16.0. The fourth-order valence-corrected chi connectivity index (χ4v) is 5.69. The summed E-state index contributed by atoms with van der Waals surface area (Å²) in [7, 11) is 0. The van der Waals surface area contributed by atoms with Crippen molar-refractivity contribution in [1.82, 2.24) is 30.6 Å². The normalized spacial score (nSPS) is 25.1. The summed E-state index contributed by atoms with van der Waals surface area (Å²) in [5, 5.41) is 7.75. The van der Waals surface area contributed by atoms with Crippen LogP contribution in [0.3, 0.4) is 0 Å². The quantitative estimate of drug-likeness (QED) is 0.182. The molecule has 2 aromatic heterocycles. The average molecular weight is 541 g/mol. The van der Waals surface area contributed by atoms with E-state index >= 15 is 0 Å². The van der Waals surface area contributed by atoms with Crippen molar-refractivity contribution in [1.29, 1.82) is 0 Å². The zero-order valence-corrected chi connectivity index (χ0v) is 23.8. The van der Waals surface area contributed by atoms with Gasteiger partial charge in [-0.2, -0.15) is 0 Å². The molecule has 2 aliphatic carbocycles. The molecular formula is C32H37ClN6. The van der Waals surface area contributed by atoms with E-state index in [1.807, 2.05) is 6.20 Å². The van der Waals surface area contributed by atoms with E-state index in [9.17, 15) is 0 Å². The Morgan fingerprint density at radius 2 is 1.15 bits per heavy atom. The highest BCUT2D eigenvalue weighted by Crippen LogP contribution is 2.38. The molecule has 0 aliphatic heterocycles. The summed E-state index contributed by atoms with van der Waals surface area (Å²) >= 11 is 6.49. The van der Waals surface area contributed by atoms with E-state index in [1.54, 1.807) is 0 Å². The van der Waals surface area contributed by atoms with Gasteiger partial charge in [0.25, 0.3) is 0 Å². The van der Waals surface area contributed by atoms with Crippen molar-refractivity contribution in [3.8, 4) is 46.5 Å². The Labute approximate surface area is 236 Å². The Morgan fingerprint density at radius 1 is 0.692 bits per heavy atom. The highest BCUT2D eigenvalue weighted by molar-refractivity contribution is 6.31. The molecule has 6 rings (SSSR count). The maximum Gasteiger partial charge on any atom is 0.134 e. The molecule has 39 heavy (non-hydrogen) atoms. The van der Waals surface area contributed by atoms with Gasteiger partial charge in [0.2, 0.25) is 0 Å². The molecule has 2 aromatic carbocycles. The molecule has 2 aliphatic rings. The molecule has 0 bridgehead atoms. The molecule has 6 atom stereocenters. The minimum absolute atomic E-state index is 0.575. The van der Waals surface area contributed by atoms with E-state index < -0.39 is 0 Å². The monoisotopic (exact) mass is 540 g/mol. The molecule has 4 N–H and O–H groups in total. The van der Waals surface area contributed by atoms with Crippen molar-refractivity contribution in [2.24, 2.45) is 23.7 Å². The van der Waals surface area contributed by atoms with Gasteiger partial charge in [0.1, 0.15) is 22.5 Å². The SMILES string of the molecule is C#C.CC1C(NCc2ncc(-c3ccc(-c4ccc(-c5nc(CNC6C(C)[C@H]6C)[nH]c5Cl)cc4)cc3)[nH]2)[C@@H]1C. The Bertz CT molecular complexity index is 1400. The Kier molecular flexibility index (Phi) is 7.95. The predicted octanol–water partition coefficient (Wildman–Crippen LogP) is 6.52. The predicted molar refractivity (Wildman–Crippen MR) is 160 cm³/mol. The van der Waals surface area contributed by atoms with Crippen molar-refractivity contribution in [3.05, 3.63) is 71.5 Å². The van der Waals surface area contributed by atoms with Crippen molar-refractivity contribution in [2.45, 2.75) is 52.9 Å². The number of nitrogens with one attached hydrogen (secondary N) is 4. The van der Waals surface area contributed by atoms with Crippen molar-refractivity contribution in [3.63, 3.8) is 0 Å². The molecule has 202 valence electrons. The number of nitrogens with zero attached hydrogens (tertiary/aromatic N) is 2. The lowest BCUT2D eigenvalue weighted by molar-refractivity contribution is 0.622. The van der Waals surface area contributed by atoms with Gasteiger partial charge >= 0.3 is 0 Å². The summed E-state index contributed by atoms with van der Waals surface area (Å²) in [5.74, 6) is 4.82. The van der Waals surface area contributed by atoms with Gasteiger partial charge < -0.3 is 20.6 Å². The van der Waals surface area contributed by atoms with E-state index in [2.05, 4.69) is 115 Å². The number of aromatic nitrogens is 4. The van der Waals surface area contributed by atoms with Crippen molar-refractivity contribution >= 4 is 11.6 Å². The van der Waals surface area contributed by atoms with Crippen LogP contribution in [0.5, 0.6) is 0 Å². The van der Waals surface area contributed by atoms with Crippen molar-refractivity contribution in [2.75, 3.05) is 0 Å². The fraction of sp³-hybridized carbons (Fsp3) is 0.375. The number of terminal acetylenes is 1. The van der Waals surface area contributed by atoms with Crippen LogP contribution in [0.1, 0.15) is 39.3 Å². The van der Waals surface area contributed by atoms with E-state index in [0.29, 0.717) is 23.8 Å². The number of H-pyrrole nitrogens is 2. The molecule has 0 spiro atoms. The molecule has 2 heterocycles. The first-order valence-electron chi connectivity index (χ1n) is 13.7. The van der Waals surface area contributed by atoms with Crippen LogP contribution < -0.4 is 10.6 Å². The summed E-state index contributed by atoms with van der Waals surface area (Å²) in [6, 6.07) is 18.2. The lowest BCUT2D eigenvalue weighted by Gasteiger charge is -2.05. The average Bonchev–Trinajstić information content (AvgIpc) is 3.50. The zero-order valence-electron chi connectivity index (χ0n) is 23.0. The van der Waals surface area contributed by atoms with Crippen LogP contribution in [0.4, 0.5) is 0 Å². The standard InChI is InChI=1S/C30H35ClN6.C2H2/c1-16-17(2)27(16)33-14-25-32-13-24(35-25)22-9-5-20(6-10-22)21-7-11-23(12-8-21)29-30(31)37-26(36-29)15-34-28-18(3)19(28)4;1-2/h5-13,16-19,27-28,33-34H,14-15H2,1-4H3,(H,32,35)(H,36,37);1-2H/t16-,17?,18-,19?,27?,28?;/m1./s1. The Balaban J connectivity index is 0.00000151. The second-order valence-electron chi connectivity index (χ2n) is 11.0. The van der Waals surface area contributed by atoms with Gasteiger partial charge in [-0.05, 0) is 40.4 Å². The number of hydrogen-bond acceptors (Lipinski definition) is 4. The zero-order chi connectivity index (χ0) is 27.7. The maximum absolute atomic E-state index is 6.49. The number of rotatable bonds is 9. The molecule has 0 saturated heterocycles. The first kappa shape index (κ1) is 27.2. The van der Waals surface area contributed by atoms with Gasteiger partial charge in [-0.25, -0.2) is 9.97 Å². The van der Waals surface area contributed by atoms with E-state index in [4.69, 9.17) is 16.6 Å². The fourth-order valence-electron chi connectivity index (χ4n) is 5.43. The molecule has 4 unspecified atom stereocenters. The van der Waals surface area contributed by atoms with Gasteiger partial charge in [0, 0.05) is 17.6 Å². The van der Waals surface area contributed by atoms with E-state index in [-0.39, 0.29) is 0 Å². The van der Waals surface area contributed by atoms with Gasteiger partial charge in [-0.3, -0.25) is 0 Å². The maximum atomic E-state index is 6.49. The second-order valence-corrected chi connectivity index (χ2v) is 11.4. The molecule has 0 amide bonds. The first-order valence-corrected chi connectivity index (χ1v) is 14.1. The number of benzene rings is 2. The van der Waals surface area contributed by atoms with Crippen LogP contribution in [-0.2, 0) is 13.1 Å². The topological polar surface area (TPSA) is 81.4 Å². The van der Waals surface area contributed by atoms with E-state index in [0.717, 1.165) is 69.9 Å². The van der Waals surface area contributed by atoms with Gasteiger partial charge in [-0.1, -0.05) is 87.8 Å². The number of hydrogen-bond donors (Lipinski definition) is 4. The van der Waals surface area contributed by atoms with Gasteiger partial charge in [-0.15, -0.1) is 12.8 Å². The molecule has 7 heteroatoms. The first-order chi connectivity index (χ1) is 18.9. The lowest BCUT2D eigenvalue weighted by atomic mass is 10.0. The second kappa shape index (κ2) is 11.4. The third-order valence-electron chi connectivity index (χ3n) is 8.68. The highest BCUT2D eigenvalue weighted by atomic mass is 35.5. The van der Waals surface area contributed by atoms with Crippen molar-refractivity contribution < 1.29 is 0 Å². The summed E-state index contributed by atoms with van der Waals surface area (Å²) in [6.07, 6.45) is 9.92. The molecule has 6 nitrogen and oxygen atoms in total. The minimum atomic E-state index is 0.575. The van der Waals surface area contributed by atoms with Crippen LogP contribution >= 0.6 is 11.6 Å². The van der Waals surface area contributed by atoms with Crippen LogP contribution in [0.15, 0.2) is 54.7 Å². The Hall–Kier alpha value is -3.37. The third-order valence-corrected chi connectivity index (χ3v) is 8.95. The largest absolute Gasteiger partial charge is 0.341 e. The Morgan fingerprint density at radius 3 is 1.67 bits per heavy atom. The van der Waals surface area contributed by atoms with Crippen LogP contribution in [0.2, 0.25) is 5.15 Å². The van der Waals surface area contributed by atoms with Crippen LogP contribution in [0, 0.1) is 36.5 Å². The van der Waals surface area contributed by atoms with E-state index in [1.165, 1.54) is 5.56 Å². The summed E-state index contributed by atoms with van der Waals surface area (Å²) in [5.41, 5.74) is 6.30. The molecule has 2 fully saturated rings. The third kappa shape index (κ3) is 5.81. The van der Waals surface area contributed by atoms with Gasteiger partial charge in [0.15, 0.2) is 0 Å².